The highest BCUT2D eigenvalue weighted by molar-refractivity contribution is 8.15. The number of nitrogens with one attached hydrogen (secondary N) is 1. The molecule has 2 saturated carbocycles. The van der Waals surface area contributed by atoms with Crippen molar-refractivity contribution in [1.82, 2.24) is 5.32 Å². The molecule has 22 heavy (non-hydrogen) atoms. The van der Waals surface area contributed by atoms with Gasteiger partial charge in [-0.3, -0.25) is 4.79 Å². The third-order valence-electron chi connectivity index (χ3n) is 6.03. The summed E-state index contributed by atoms with van der Waals surface area (Å²) in [6.07, 6.45) is 4.19. The lowest BCUT2D eigenvalue weighted by Gasteiger charge is -2.46. The van der Waals surface area contributed by atoms with Crippen LogP contribution in [-0.2, 0) is 0 Å². The van der Waals surface area contributed by atoms with Gasteiger partial charge in [0.25, 0.3) is 5.24 Å². The average Bonchev–Trinajstić information content (AvgIpc) is 3.19. The molecule has 1 aromatic rings. The number of hydrogen-bond acceptors (Lipinski definition) is 3. The van der Waals surface area contributed by atoms with Crippen molar-refractivity contribution < 1.29 is 4.79 Å². The number of hydrogen-bond donors (Lipinski definition) is 1. The molecule has 2 heterocycles. The molecule has 2 saturated heterocycles. The number of amides is 1. The third kappa shape index (κ3) is 1.99. The van der Waals surface area contributed by atoms with Crippen LogP contribution in [0.15, 0.2) is 24.3 Å². The molecule has 5 heteroatoms. The molecule has 2 bridgehead atoms. The predicted octanol–water partition coefficient (Wildman–Crippen LogP) is 4.74. The Labute approximate surface area is 144 Å². The van der Waals surface area contributed by atoms with Crippen LogP contribution in [-0.4, -0.2) is 21.1 Å². The average molecular weight is 352 g/mol. The van der Waals surface area contributed by atoms with Gasteiger partial charge in [0.2, 0.25) is 0 Å². The molecule has 4 aliphatic rings. The molecule has 5 rings (SSSR count). The Kier molecular flexibility index (Phi) is 3.25. The first kappa shape index (κ1) is 14.1. The normalized spacial score (nSPS) is 45.5. The molecule has 2 nitrogen and oxygen atoms in total. The molecule has 116 valence electrons. The fraction of sp³-hybridized carbons (Fsp3) is 0.588. The molecule has 7 atom stereocenters. The molecule has 0 aromatic heterocycles. The zero-order chi connectivity index (χ0) is 14.8. The number of rotatable bonds is 1. The van der Waals surface area contributed by atoms with E-state index in [9.17, 15) is 4.79 Å². The van der Waals surface area contributed by atoms with Crippen LogP contribution < -0.4 is 5.32 Å². The number of benzene rings is 1. The highest BCUT2D eigenvalue weighted by atomic mass is 35.5. The smallest absolute Gasteiger partial charge is 0.280 e. The van der Waals surface area contributed by atoms with Gasteiger partial charge in [0.05, 0.1) is 10.6 Å². The first-order valence-corrected chi connectivity index (χ1v) is 10.3. The Morgan fingerprint density at radius 1 is 1.09 bits per heavy atom. The summed E-state index contributed by atoms with van der Waals surface area (Å²) >= 11 is 9.67. The van der Waals surface area contributed by atoms with Crippen molar-refractivity contribution in [2.45, 2.75) is 41.1 Å². The van der Waals surface area contributed by atoms with E-state index in [1.807, 2.05) is 12.1 Å². The van der Waals surface area contributed by atoms with Gasteiger partial charge >= 0.3 is 0 Å². The topological polar surface area (TPSA) is 29.1 Å². The Hall–Kier alpha value is -0.320. The zero-order valence-corrected chi connectivity index (χ0v) is 14.5. The number of carbonyl (C=O) groups excluding carboxylic acids is 1. The highest BCUT2D eigenvalue weighted by Crippen LogP contribution is 2.64. The summed E-state index contributed by atoms with van der Waals surface area (Å²) in [7, 11) is 0. The second kappa shape index (κ2) is 5.09. The van der Waals surface area contributed by atoms with Crippen LogP contribution in [0.1, 0.15) is 30.7 Å². The number of halogens is 1. The van der Waals surface area contributed by atoms with E-state index < -0.39 is 0 Å². The van der Waals surface area contributed by atoms with E-state index >= 15 is 0 Å². The summed E-state index contributed by atoms with van der Waals surface area (Å²) in [4.78, 5) is 12.0. The maximum atomic E-state index is 12.0. The number of fused-ring (bicyclic) bond motifs is 6. The minimum atomic E-state index is 0.161. The minimum absolute atomic E-state index is 0.161. The van der Waals surface area contributed by atoms with Crippen LogP contribution in [0, 0.1) is 17.8 Å². The monoisotopic (exact) mass is 351 g/mol. The summed E-state index contributed by atoms with van der Waals surface area (Å²) < 4.78 is 0. The van der Waals surface area contributed by atoms with Gasteiger partial charge in [-0.2, -0.15) is 0 Å². The summed E-state index contributed by atoms with van der Waals surface area (Å²) in [5.41, 5.74) is 1.38. The van der Waals surface area contributed by atoms with Gasteiger partial charge in [-0.15, -0.1) is 11.8 Å². The Morgan fingerprint density at radius 3 is 2.68 bits per heavy atom. The van der Waals surface area contributed by atoms with E-state index in [1.165, 1.54) is 36.6 Å². The maximum Gasteiger partial charge on any atom is 0.280 e. The first-order chi connectivity index (χ1) is 10.7. The van der Waals surface area contributed by atoms with Gasteiger partial charge in [-0.25, -0.2) is 0 Å². The van der Waals surface area contributed by atoms with Gasteiger partial charge in [0.1, 0.15) is 0 Å². The van der Waals surface area contributed by atoms with Gasteiger partial charge in [-0.05, 0) is 54.7 Å². The summed E-state index contributed by atoms with van der Waals surface area (Å²) in [5, 5.41) is 5.56. The summed E-state index contributed by atoms with van der Waals surface area (Å²) in [6, 6.07) is 8.38. The van der Waals surface area contributed by atoms with Gasteiger partial charge in [-0.1, -0.05) is 35.5 Å². The van der Waals surface area contributed by atoms with Gasteiger partial charge in [0.15, 0.2) is 0 Å². The van der Waals surface area contributed by atoms with E-state index in [1.54, 1.807) is 0 Å². The lowest BCUT2D eigenvalue weighted by Crippen LogP contribution is -2.46. The fourth-order valence-corrected chi connectivity index (χ4v) is 8.82. The van der Waals surface area contributed by atoms with Crippen LogP contribution in [0.3, 0.4) is 0 Å². The molecule has 4 fully saturated rings. The van der Waals surface area contributed by atoms with Crippen LogP contribution in [0.2, 0.25) is 5.02 Å². The quantitative estimate of drug-likeness (QED) is 0.792. The fourth-order valence-electron chi connectivity index (χ4n) is 5.26. The van der Waals surface area contributed by atoms with Gasteiger partial charge < -0.3 is 5.32 Å². The Balaban J connectivity index is 1.58. The van der Waals surface area contributed by atoms with Crippen molar-refractivity contribution in [3.63, 3.8) is 0 Å². The molecule has 1 N–H and O–H groups in total. The molecule has 0 spiro atoms. The molecule has 2 aliphatic carbocycles. The van der Waals surface area contributed by atoms with Crippen molar-refractivity contribution in [2.75, 3.05) is 0 Å². The highest BCUT2D eigenvalue weighted by Gasteiger charge is 2.59. The van der Waals surface area contributed by atoms with Crippen LogP contribution >= 0.6 is 35.1 Å². The van der Waals surface area contributed by atoms with E-state index in [2.05, 4.69) is 29.2 Å². The van der Waals surface area contributed by atoms with E-state index in [0.717, 1.165) is 28.0 Å². The summed E-state index contributed by atoms with van der Waals surface area (Å²) in [6.45, 7) is 0. The van der Waals surface area contributed by atoms with E-state index in [0.29, 0.717) is 16.5 Å². The van der Waals surface area contributed by atoms with Crippen molar-refractivity contribution in [3.05, 3.63) is 34.9 Å². The van der Waals surface area contributed by atoms with E-state index in [-0.39, 0.29) is 5.24 Å². The Morgan fingerprint density at radius 2 is 1.86 bits per heavy atom. The lowest BCUT2D eigenvalue weighted by molar-refractivity contribution is 0.257. The van der Waals surface area contributed by atoms with Crippen molar-refractivity contribution in [3.8, 4) is 0 Å². The standard InChI is InChI=1S/C17H18ClNOS2/c18-11-5-3-8(4-6-11)12-13-9-1-2-10(7-9)14(13)21-16-15(12)22-17(20)19-16/h3-6,9-10,12-16H,1-2,7H2,(H,19,20)/t9-,10+,12+,13+,14+,15-,16-/m1/s1. The predicted molar refractivity (Wildman–Crippen MR) is 93.6 cm³/mol. The summed E-state index contributed by atoms with van der Waals surface area (Å²) in [5.74, 6) is 2.97. The second-order valence-electron chi connectivity index (χ2n) is 7.02. The van der Waals surface area contributed by atoms with Crippen LogP contribution in [0.4, 0.5) is 4.79 Å². The molecule has 0 radical (unpaired) electrons. The van der Waals surface area contributed by atoms with Crippen molar-refractivity contribution in [1.29, 1.82) is 0 Å². The second-order valence-corrected chi connectivity index (χ2v) is 9.94. The zero-order valence-electron chi connectivity index (χ0n) is 12.1. The Bertz CT molecular complexity index is 622. The lowest BCUT2D eigenvalue weighted by atomic mass is 9.73. The number of thioether (sulfide) groups is 2. The minimum Gasteiger partial charge on any atom is -0.334 e. The molecular formula is C17H18ClNOS2. The maximum absolute atomic E-state index is 12.0. The van der Waals surface area contributed by atoms with Crippen LogP contribution in [0.25, 0.3) is 0 Å². The third-order valence-corrected chi connectivity index (χ3v) is 9.34. The van der Waals surface area contributed by atoms with Crippen molar-refractivity contribution >= 4 is 40.4 Å². The number of carbonyl (C=O) groups is 1. The van der Waals surface area contributed by atoms with Crippen LogP contribution in [0.5, 0.6) is 0 Å². The molecule has 1 aromatic carbocycles. The molecular weight excluding hydrogens is 334 g/mol. The molecule has 1 amide bonds. The van der Waals surface area contributed by atoms with Gasteiger partial charge in [0, 0.05) is 16.2 Å². The first-order valence-electron chi connectivity index (χ1n) is 8.09. The molecule has 0 unspecified atom stereocenters. The molecule has 2 aliphatic heterocycles. The van der Waals surface area contributed by atoms with E-state index in [4.69, 9.17) is 11.6 Å². The largest absolute Gasteiger partial charge is 0.334 e. The SMILES string of the molecule is O=C1N[C@@H]2S[C@H]3[C@H]4CC[C@H](C4)[C@H]3[C@H](c3ccc(Cl)cc3)[C@H]2S1. The van der Waals surface area contributed by atoms with Crippen molar-refractivity contribution in [2.24, 2.45) is 17.8 Å².